The number of fused-ring (bicyclic) bond motifs is 3. The molecule has 1 unspecified atom stereocenters. The van der Waals surface area contributed by atoms with Crippen LogP contribution in [0.3, 0.4) is 0 Å². The number of nitrogens with two attached hydrogens (primary N) is 1. The van der Waals surface area contributed by atoms with E-state index in [4.69, 9.17) is 17.3 Å². The molecular formula is C24H19ClN6O2S. The van der Waals surface area contributed by atoms with Crippen molar-refractivity contribution in [2.75, 3.05) is 11.5 Å². The molecule has 0 fully saturated rings. The number of carboxylic acid groups (broad SMARTS) is 1. The number of aliphatic carboxylic acids is 1. The Morgan fingerprint density at radius 1 is 1.26 bits per heavy atom. The van der Waals surface area contributed by atoms with Gasteiger partial charge < -0.3 is 20.4 Å². The highest BCUT2D eigenvalue weighted by Crippen LogP contribution is 2.42. The van der Waals surface area contributed by atoms with Crippen molar-refractivity contribution in [2.45, 2.75) is 23.8 Å². The second-order valence-corrected chi connectivity index (χ2v) is 9.83. The number of halogens is 1. The van der Waals surface area contributed by atoms with Gasteiger partial charge in [-0.05, 0) is 35.4 Å². The molecule has 3 aromatic heterocycles. The lowest BCUT2D eigenvalue weighted by Gasteiger charge is -2.14. The lowest BCUT2D eigenvalue weighted by Crippen LogP contribution is -2.08. The molecule has 1 atom stereocenters. The maximum Gasteiger partial charge on any atom is 0.307 e. The molecular weight excluding hydrogens is 472 g/mol. The Labute approximate surface area is 203 Å². The number of hydrogen-bond donors (Lipinski definition) is 3. The molecule has 0 bridgehead atoms. The molecule has 4 heterocycles. The summed E-state index contributed by atoms with van der Waals surface area (Å²) in [6.07, 6.45) is 3.47. The number of nitrogens with zero attached hydrogens (tertiary/aromatic N) is 4. The first-order valence-electron chi connectivity index (χ1n) is 10.7. The number of hydrogen-bond acceptors (Lipinski definition) is 6. The van der Waals surface area contributed by atoms with Crippen molar-refractivity contribution in [1.82, 2.24) is 24.5 Å². The number of aromatic amines is 1. The number of anilines is 1. The van der Waals surface area contributed by atoms with Crippen molar-refractivity contribution in [1.29, 1.82) is 0 Å². The fraction of sp³-hybridized carbons (Fsp3) is 0.167. The first-order chi connectivity index (χ1) is 16.5. The SMILES string of the molecule is Nc1nc(-c2ccc3c(CC(=O)O)cn(CC4CSc5ccc(Cl)cc54)c3c2)c2[nH]cnc2n1. The zero-order valence-corrected chi connectivity index (χ0v) is 19.4. The highest BCUT2D eigenvalue weighted by molar-refractivity contribution is 7.99. The number of rotatable bonds is 5. The normalized spacial score (nSPS) is 15.3. The van der Waals surface area contributed by atoms with E-state index in [0.717, 1.165) is 32.8 Å². The summed E-state index contributed by atoms with van der Waals surface area (Å²) >= 11 is 8.10. The summed E-state index contributed by atoms with van der Waals surface area (Å²) in [6, 6.07) is 11.9. The minimum Gasteiger partial charge on any atom is -0.481 e. The van der Waals surface area contributed by atoms with E-state index in [1.165, 1.54) is 10.5 Å². The third-order valence-corrected chi connectivity index (χ3v) is 7.64. The monoisotopic (exact) mass is 490 g/mol. The molecule has 5 aromatic rings. The second kappa shape index (κ2) is 8.03. The van der Waals surface area contributed by atoms with Gasteiger partial charge in [-0.1, -0.05) is 23.7 Å². The molecule has 10 heteroatoms. The Bertz CT molecular complexity index is 1590. The molecule has 6 rings (SSSR count). The molecule has 2 aromatic carbocycles. The Balaban J connectivity index is 1.48. The van der Waals surface area contributed by atoms with Crippen molar-refractivity contribution >= 4 is 57.3 Å². The summed E-state index contributed by atoms with van der Waals surface area (Å²) in [7, 11) is 0. The maximum absolute atomic E-state index is 11.5. The summed E-state index contributed by atoms with van der Waals surface area (Å²) in [4.78, 5) is 28.7. The van der Waals surface area contributed by atoms with Gasteiger partial charge in [-0.2, -0.15) is 4.98 Å². The number of carboxylic acids is 1. The van der Waals surface area contributed by atoms with Crippen LogP contribution >= 0.6 is 23.4 Å². The number of imidazole rings is 1. The minimum atomic E-state index is -0.862. The predicted octanol–water partition coefficient (Wildman–Crippen LogP) is 4.73. The lowest BCUT2D eigenvalue weighted by atomic mass is 10.0. The highest BCUT2D eigenvalue weighted by atomic mass is 35.5. The summed E-state index contributed by atoms with van der Waals surface area (Å²) < 4.78 is 2.15. The van der Waals surface area contributed by atoms with Gasteiger partial charge >= 0.3 is 5.97 Å². The van der Waals surface area contributed by atoms with Gasteiger partial charge in [0.2, 0.25) is 5.95 Å². The summed E-state index contributed by atoms with van der Waals surface area (Å²) in [5, 5.41) is 11.1. The molecule has 4 N–H and O–H groups in total. The van der Waals surface area contributed by atoms with Gasteiger partial charge in [0, 0.05) is 50.8 Å². The van der Waals surface area contributed by atoms with E-state index in [9.17, 15) is 9.90 Å². The Morgan fingerprint density at radius 3 is 3.00 bits per heavy atom. The largest absolute Gasteiger partial charge is 0.481 e. The molecule has 0 spiro atoms. The third kappa shape index (κ3) is 3.57. The molecule has 0 amide bonds. The first kappa shape index (κ1) is 21.0. The lowest BCUT2D eigenvalue weighted by molar-refractivity contribution is -0.136. The molecule has 0 saturated carbocycles. The van der Waals surface area contributed by atoms with Crippen LogP contribution in [0.15, 0.2) is 53.8 Å². The van der Waals surface area contributed by atoms with Crippen LogP contribution in [0.25, 0.3) is 33.3 Å². The van der Waals surface area contributed by atoms with Gasteiger partial charge in [0.05, 0.1) is 12.7 Å². The van der Waals surface area contributed by atoms with Gasteiger partial charge in [0.25, 0.3) is 0 Å². The molecule has 1 aliphatic rings. The molecule has 0 saturated heterocycles. The van der Waals surface area contributed by atoms with E-state index in [0.29, 0.717) is 23.4 Å². The van der Waals surface area contributed by atoms with Crippen LogP contribution in [0.2, 0.25) is 5.02 Å². The Kier molecular flexibility index (Phi) is 4.96. The van der Waals surface area contributed by atoms with E-state index in [1.54, 1.807) is 6.33 Å². The van der Waals surface area contributed by atoms with Gasteiger partial charge in [0.1, 0.15) is 11.2 Å². The van der Waals surface area contributed by atoms with E-state index in [-0.39, 0.29) is 18.3 Å². The highest BCUT2D eigenvalue weighted by Gasteiger charge is 2.25. The quantitative estimate of drug-likeness (QED) is 0.325. The van der Waals surface area contributed by atoms with Crippen LogP contribution in [-0.4, -0.2) is 41.3 Å². The number of aromatic nitrogens is 5. The average Bonchev–Trinajstić information content (AvgIpc) is 3.51. The van der Waals surface area contributed by atoms with Crippen molar-refractivity contribution in [2.24, 2.45) is 0 Å². The fourth-order valence-electron chi connectivity index (χ4n) is 4.67. The average molecular weight is 491 g/mol. The molecule has 34 heavy (non-hydrogen) atoms. The van der Waals surface area contributed by atoms with Crippen LogP contribution in [0.4, 0.5) is 5.95 Å². The molecule has 0 aliphatic carbocycles. The van der Waals surface area contributed by atoms with Crippen LogP contribution in [-0.2, 0) is 17.8 Å². The van der Waals surface area contributed by atoms with E-state index in [2.05, 4.69) is 30.6 Å². The second-order valence-electron chi connectivity index (χ2n) is 8.33. The molecule has 1 aliphatic heterocycles. The maximum atomic E-state index is 11.5. The van der Waals surface area contributed by atoms with Gasteiger partial charge in [-0.15, -0.1) is 11.8 Å². The number of nitrogen functional groups attached to an aromatic ring is 1. The summed E-state index contributed by atoms with van der Waals surface area (Å²) in [6.45, 7) is 0.714. The first-order valence-corrected chi connectivity index (χ1v) is 12.1. The molecule has 170 valence electrons. The van der Waals surface area contributed by atoms with E-state index < -0.39 is 5.97 Å². The number of benzene rings is 2. The van der Waals surface area contributed by atoms with E-state index in [1.807, 2.05) is 48.3 Å². The number of thioether (sulfide) groups is 1. The third-order valence-electron chi connectivity index (χ3n) is 6.15. The number of H-pyrrole nitrogens is 1. The van der Waals surface area contributed by atoms with Crippen LogP contribution in [0.1, 0.15) is 17.0 Å². The molecule has 0 radical (unpaired) electrons. The number of nitrogens with one attached hydrogen (secondary N) is 1. The smallest absolute Gasteiger partial charge is 0.307 e. The van der Waals surface area contributed by atoms with Crippen molar-refractivity contribution in [3.63, 3.8) is 0 Å². The summed E-state index contributed by atoms with van der Waals surface area (Å²) in [5.41, 5.74) is 11.6. The topological polar surface area (TPSA) is 123 Å². The van der Waals surface area contributed by atoms with Gasteiger partial charge in [-0.3, -0.25) is 4.79 Å². The Morgan fingerprint density at radius 2 is 2.15 bits per heavy atom. The van der Waals surface area contributed by atoms with E-state index >= 15 is 0 Å². The summed E-state index contributed by atoms with van der Waals surface area (Å²) in [5.74, 6) is 0.498. The van der Waals surface area contributed by atoms with Crippen molar-refractivity contribution in [3.8, 4) is 11.3 Å². The van der Waals surface area contributed by atoms with Crippen LogP contribution in [0, 0.1) is 0 Å². The van der Waals surface area contributed by atoms with Gasteiger partial charge in [0.15, 0.2) is 5.65 Å². The number of carbonyl (C=O) groups is 1. The van der Waals surface area contributed by atoms with Crippen LogP contribution in [0.5, 0.6) is 0 Å². The minimum absolute atomic E-state index is 0.0457. The Hall–Kier alpha value is -3.56. The fourth-order valence-corrected chi connectivity index (χ4v) is 6.07. The standard InChI is InChI=1S/C24H19ClN6O2S/c25-15-2-4-19-17(7-15)14(10-34-19)9-31-8-13(6-20(32)33)16-3-1-12(5-18(16)31)21-22-23(28-11-27-22)30-24(26)29-21/h1-5,7-8,11,14H,6,9-10H2,(H,32,33)(H3,26,27,28,29,30). The predicted molar refractivity (Wildman–Crippen MR) is 133 cm³/mol. The zero-order chi connectivity index (χ0) is 23.4. The van der Waals surface area contributed by atoms with Crippen molar-refractivity contribution < 1.29 is 9.90 Å². The van der Waals surface area contributed by atoms with Crippen molar-refractivity contribution in [3.05, 3.63) is 65.1 Å². The zero-order valence-electron chi connectivity index (χ0n) is 17.8. The van der Waals surface area contributed by atoms with Crippen LogP contribution < -0.4 is 5.73 Å². The van der Waals surface area contributed by atoms with Gasteiger partial charge in [-0.25, -0.2) is 9.97 Å². The molecule has 8 nitrogen and oxygen atoms in total.